The second-order valence-corrected chi connectivity index (χ2v) is 6.28. The zero-order chi connectivity index (χ0) is 15.9. The molecule has 20 heavy (non-hydrogen) atoms. The van der Waals surface area contributed by atoms with E-state index in [1.807, 2.05) is 0 Å². The van der Waals surface area contributed by atoms with E-state index in [2.05, 4.69) is 0 Å². The summed E-state index contributed by atoms with van der Waals surface area (Å²) in [5, 5.41) is 0. The molecular formula is C9H6Cl2F3NO4S. The van der Waals surface area contributed by atoms with Gasteiger partial charge < -0.3 is 5.73 Å². The molecule has 1 amide bonds. The lowest BCUT2D eigenvalue weighted by atomic mass is 10.1. The fourth-order valence-corrected chi connectivity index (χ4v) is 2.81. The van der Waals surface area contributed by atoms with Crippen molar-refractivity contribution in [2.24, 2.45) is 5.73 Å². The van der Waals surface area contributed by atoms with Gasteiger partial charge in [0.1, 0.15) is 4.90 Å². The van der Waals surface area contributed by atoms with Crippen molar-refractivity contribution in [2.75, 3.05) is 0 Å². The van der Waals surface area contributed by atoms with Crippen LogP contribution in [0.2, 0.25) is 0 Å². The summed E-state index contributed by atoms with van der Waals surface area (Å²) in [5.41, 5.74) is 2.11. The molecule has 0 aromatic heterocycles. The number of carbonyl (C=O) groups is 1. The molecule has 0 heterocycles. The summed E-state index contributed by atoms with van der Waals surface area (Å²) < 4.78 is 66.9. The summed E-state index contributed by atoms with van der Waals surface area (Å²) >= 11 is 11.0. The average Bonchev–Trinajstić information content (AvgIpc) is 2.25. The first kappa shape index (κ1) is 17.0. The minimum absolute atomic E-state index is 0.386. The lowest BCUT2D eigenvalue weighted by Gasteiger charge is -2.21. The van der Waals surface area contributed by atoms with Crippen molar-refractivity contribution >= 4 is 39.2 Å². The number of amides is 1. The van der Waals surface area contributed by atoms with E-state index in [1.165, 1.54) is 0 Å². The second kappa shape index (κ2) is 5.06. The van der Waals surface area contributed by atoms with Gasteiger partial charge in [0.15, 0.2) is 0 Å². The van der Waals surface area contributed by atoms with Crippen LogP contribution < -0.4 is 5.73 Å². The number of hydrogen-bond donors (Lipinski definition) is 2. The van der Waals surface area contributed by atoms with Crippen molar-refractivity contribution in [3.05, 3.63) is 29.3 Å². The molecule has 0 bridgehead atoms. The molecule has 1 aromatic carbocycles. The first-order chi connectivity index (χ1) is 8.79. The van der Waals surface area contributed by atoms with Crippen LogP contribution in [0.1, 0.15) is 11.1 Å². The van der Waals surface area contributed by atoms with E-state index in [9.17, 15) is 26.4 Å². The third kappa shape index (κ3) is 3.17. The van der Waals surface area contributed by atoms with E-state index in [4.69, 9.17) is 33.5 Å². The Kier molecular flexibility index (Phi) is 4.31. The Balaban J connectivity index is 3.86. The Morgan fingerprint density at radius 3 is 2.00 bits per heavy atom. The fraction of sp³-hybridized carbons (Fsp3) is 0.222. The van der Waals surface area contributed by atoms with Crippen LogP contribution >= 0.6 is 23.2 Å². The molecule has 0 aliphatic carbocycles. The smallest absolute Gasteiger partial charge is 0.367 e. The van der Waals surface area contributed by atoms with Crippen LogP contribution in [-0.4, -0.2) is 18.9 Å². The number of nitrogens with two attached hydrogens (primary N) is 1. The molecule has 0 fully saturated rings. The van der Waals surface area contributed by atoms with Gasteiger partial charge in [0.2, 0.25) is 4.33 Å². The Hall–Kier alpha value is -1.03. The Labute approximate surface area is 121 Å². The quantitative estimate of drug-likeness (QED) is 0.643. The van der Waals surface area contributed by atoms with Gasteiger partial charge in [0.05, 0.1) is 5.56 Å². The van der Waals surface area contributed by atoms with Crippen LogP contribution in [-0.2, 0) is 25.4 Å². The molecule has 0 aliphatic heterocycles. The zero-order valence-electron chi connectivity index (χ0n) is 9.28. The van der Waals surface area contributed by atoms with Gasteiger partial charge in [-0.1, -0.05) is 35.3 Å². The average molecular weight is 352 g/mol. The molecule has 112 valence electrons. The highest BCUT2D eigenvalue weighted by atomic mass is 35.5. The number of benzene rings is 1. The van der Waals surface area contributed by atoms with Gasteiger partial charge in [-0.15, -0.1) is 0 Å². The van der Waals surface area contributed by atoms with E-state index in [-0.39, 0.29) is 0 Å². The number of halogens is 5. The van der Waals surface area contributed by atoms with E-state index >= 15 is 0 Å². The Morgan fingerprint density at radius 2 is 1.65 bits per heavy atom. The molecule has 11 heteroatoms. The highest BCUT2D eigenvalue weighted by molar-refractivity contribution is 7.86. The number of primary amides is 1. The zero-order valence-corrected chi connectivity index (χ0v) is 11.6. The lowest BCUT2D eigenvalue weighted by Crippen LogP contribution is -2.33. The fourth-order valence-electron chi connectivity index (χ4n) is 1.42. The highest BCUT2D eigenvalue weighted by Gasteiger charge is 2.44. The minimum atomic E-state index is -5.36. The topological polar surface area (TPSA) is 97.5 Å². The van der Waals surface area contributed by atoms with Crippen LogP contribution in [0.3, 0.4) is 0 Å². The molecule has 0 aliphatic rings. The highest BCUT2D eigenvalue weighted by Crippen LogP contribution is 2.43. The second-order valence-electron chi connectivity index (χ2n) is 3.59. The summed E-state index contributed by atoms with van der Waals surface area (Å²) in [7, 11) is -5.36. The minimum Gasteiger partial charge on any atom is -0.367 e. The maximum absolute atomic E-state index is 12.8. The third-order valence-corrected chi connectivity index (χ3v) is 3.96. The maximum atomic E-state index is 12.8. The summed E-state index contributed by atoms with van der Waals surface area (Å²) in [5.74, 6) is -1.50. The van der Waals surface area contributed by atoms with Gasteiger partial charge in [-0.2, -0.15) is 21.6 Å². The number of rotatable bonds is 3. The normalized spacial score (nSPS) is 13.3. The molecule has 0 saturated heterocycles. The predicted octanol–water partition coefficient (Wildman–Crippen LogP) is 2.07. The van der Waals surface area contributed by atoms with Crippen LogP contribution in [0, 0.1) is 0 Å². The van der Waals surface area contributed by atoms with Gasteiger partial charge in [0.25, 0.3) is 16.0 Å². The maximum Gasteiger partial charge on any atom is 0.417 e. The SMILES string of the molecule is NC(=O)C(Cl)(Cl)c1cccc(C(F)(F)F)c1S(=O)(=O)O. The van der Waals surface area contributed by atoms with Gasteiger partial charge in [-0.3, -0.25) is 9.35 Å². The van der Waals surface area contributed by atoms with Gasteiger partial charge in [0, 0.05) is 5.56 Å². The van der Waals surface area contributed by atoms with E-state index in [0.717, 1.165) is 12.1 Å². The summed E-state index contributed by atoms with van der Waals surface area (Å²) in [6.45, 7) is 0. The first-order valence-corrected chi connectivity index (χ1v) is 6.85. The number of carbonyl (C=O) groups excluding carboxylic acids is 1. The molecule has 0 saturated carbocycles. The van der Waals surface area contributed by atoms with Gasteiger partial charge in [-0.25, -0.2) is 0 Å². The van der Waals surface area contributed by atoms with Crippen LogP contribution in [0.15, 0.2) is 23.1 Å². The van der Waals surface area contributed by atoms with Crippen molar-refractivity contribution in [3.63, 3.8) is 0 Å². The largest absolute Gasteiger partial charge is 0.417 e. The standard InChI is InChI=1S/C9H6Cl2F3NO4S/c10-8(11,7(15)16)4-2-1-3-5(9(12,13)14)6(4)20(17,18)19/h1-3H,(H2,15,16)(H,17,18,19). The van der Waals surface area contributed by atoms with Crippen molar-refractivity contribution < 1.29 is 30.9 Å². The van der Waals surface area contributed by atoms with Crippen LogP contribution in [0.25, 0.3) is 0 Å². The van der Waals surface area contributed by atoms with Gasteiger partial charge in [-0.05, 0) is 6.07 Å². The molecule has 5 nitrogen and oxygen atoms in total. The van der Waals surface area contributed by atoms with Crippen LogP contribution in [0.5, 0.6) is 0 Å². The van der Waals surface area contributed by atoms with Crippen molar-refractivity contribution in [1.29, 1.82) is 0 Å². The molecule has 0 radical (unpaired) electrons. The Morgan fingerprint density at radius 1 is 1.20 bits per heavy atom. The first-order valence-electron chi connectivity index (χ1n) is 4.65. The lowest BCUT2D eigenvalue weighted by molar-refractivity contribution is -0.140. The summed E-state index contributed by atoms with van der Waals surface area (Å²) in [4.78, 5) is 9.45. The monoisotopic (exact) mass is 351 g/mol. The van der Waals surface area contributed by atoms with E-state index < -0.39 is 42.6 Å². The van der Waals surface area contributed by atoms with Crippen molar-refractivity contribution in [3.8, 4) is 0 Å². The van der Waals surface area contributed by atoms with E-state index in [0.29, 0.717) is 6.07 Å². The van der Waals surface area contributed by atoms with Crippen molar-refractivity contribution in [1.82, 2.24) is 0 Å². The van der Waals surface area contributed by atoms with Crippen molar-refractivity contribution in [2.45, 2.75) is 15.4 Å². The number of alkyl halides is 5. The van der Waals surface area contributed by atoms with E-state index in [1.54, 1.807) is 0 Å². The molecule has 0 unspecified atom stereocenters. The summed E-state index contributed by atoms with van der Waals surface area (Å²) in [6, 6.07) is 1.90. The molecule has 0 atom stereocenters. The molecule has 3 N–H and O–H groups in total. The molecule has 0 spiro atoms. The molecule has 1 rings (SSSR count). The van der Waals surface area contributed by atoms with Gasteiger partial charge >= 0.3 is 6.18 Å². The Bertz CT molecular complexity index is 658. The third-order valence-electron chi connectivity index (χ3n) is 2.23. The number of hydrogen-bond acceptors (Lipinski definition) is 3. The van der Waals surface area contributed by atoms with Crippen LogP contribution in [0.4, 0.5) is 13.2 Å². The molecular weight excluding hydrogens is 346 g/mol. The predicted molar refractivity (Wildman–Crippen MR) is 63.8 cm³/mol. The summed E-state index contributed by atoms with van der Waals surface area (Å²) in [6.07, 6.45) is -5.12. The molecule has 1 aromatic rings.